The molecule has 2 aliphatic heterocycles. The Morgan fingerprint density at radius 3 is 2.96 bits per heavy atom. The molecule has 0 unspecified atom stereocenters. The molecule has 0 aromatic carbocycles. The number of amides is 1. The standard InChI is InChI=1S/C18H25N5O/c19-11-15-4-5-17(20-12-15)21-13-16-6-10-22(14-16)7-2-9-23-8-1-3-18(23)24/h4-5,12,16H,1-3,6-10,13-14H2,(H,20,21)/t16-/m1/s1. The first-order valence-electron chi connectivity index (χ1n) is 8.85. The molecule has 0 aliphatic carbocycles. The molecular formula is C18H25N5O. The quantitative estimate of drug-likeness (QED) is 0.825. The Morgan fingerprint density at radius 1 is 1.33 bits per heavy atom. The number of anilines is 1. The Labute approximate surface area is 143 Å². The Hall–Kier alpha value is -2.13. The maximum atomic E-state index is 11.6. The van der Waals surface area contributed by atoms with Crippen LogP contribution in [0.1, 0.15) is 31.2 Å². The summed E-state index contributed by atoms with van der Waals surface area (Å²) in [7, 11) is 0. The van der Waals surface area contributed by atoms with Crippen molar-refractivity contribution in [2.45, 2.75) is 25.7 Å². The van der Waals surface area contributed by atoms with Crippen molar-refractivity contribution in [3.8, 4) is 6.07 Å². The molecule has 1 aromatic rings. The van der Waals surface area contributed by atoms with Gasteiger partial charge in [0.05, 0.1) is 5.56 Å². The third-order valence-corrected chi connectivity index (χ3v) is 4.91. The van der Waals surface area contributed by atoms with Crippen LogP contribution in [0, 0.1) is 17.2 Å². The van der Waals surface area contributed by atoms with Gasteiger partial charge in [0.15, 0.2) is 0 Å². The molecule has 1 amide bonds. The first-order chi connectivity index (χ1) is 11.7. The van der Waals surface area contributed by atoms with Crippen LogP contribution in [0.5, 0.6) is 0 Å². The smallest absolute Gasteiger partial charge is 0.222 e. The normalized spacial score (nSPS) is 21.2. The van der Waals surface area contributed by atoms with Gasteiger partial charge in [-0.2, -0.15) is 5.26 Å². The van der Waals surface area contributed by atoms with Crippen LogP contribution >= 0.6 is 0 Å². The number of aromatic nitrogens is 1. The second-order valence-electron chi connectivity index (χ2n) is 6.72. The third-order valence-electron chi connectivity index (χ3n) is 4.91. The van der Waals surface area contributed by atoms with E-state index in [1.54, 1.807) is 12.3 Å². The summed E-state index contributed by atoms with van der Waals surface area (Å²) in [6, 6.07) is 5.73. The lowest BCUT2D eigenvalue weighted by atomic mass is 10.1. The average Bonchev–Trinajstić information content (AvgIpc) is 3.23. The molecule has 0 bridgehead atoms. The van der Waals surface area contributed by atoms with E-state index in [1.807, 2.05) is 11.0 Å². The Kier molecular flexibility index (Phi) is 5.65. The fraction of sp³-hybridized carbons (Fsp3) is 0.611. The Bertz CT molecular complexity index is 594. The molecule has 1 N–H and O–H groups in total. The number of nitrogens with one attached hydrogen (secondary N) is 1. The van der Waals surface area contributed by atoms with Crippen LogP contribution in [0.2, 0.25) is 0 Å². The zero-order valence-electron chi connectivity index (χ0n) is 14.1. The van der Waals surface area contributed by atoms with Crippen molar-refractivity contribution in [2.24, 2.45) is 5.92 Å². The molecule has 2 aliphatic rings. The average molecular weight is 327 g/mol. The summed E-state index contributed by atoms with van der Waals surface area (Å²) in [5.41, 5.74) is 0.587. The first kappa shape index (κ1) is 16.7. The molecule has 6 nitrogen and oxygen atoms in total. The van der Waals surface area contributed by atoms with Gasteiger partial charge in [-0.05, 0) is 50.4 Å². The second kappa shape index (κ2) is 8.11. The van der Waals surface area contributed by atoms with Crippen molar-refractivity contribution in [1.29, 1.82) is 5.26 Å². The van der Waals surface area contributed by atoms with Gasteiger partial charge in [-0.1, -0.05) is 0 Å². The molecule has 128 valence electrons. The van der Waals surface area contributed by atoms with Crippen LogP contribution in [0.15, 0.2) is 18.3 Å². The number of likely N-dealkylation sites (tertiary alicyclic amines) is 2. The molecule has 6 heteroatoms. The maximum absolute atomic E-state index is 11.6. The number of pyridine rings is 1. The van der Waals surface area contributed by atoms with Crippen molar-refractivity contribution >= 4 is 11.7 Å². The number of nitriles is 1. The zero-order valence-corrected chi connectivity index (χ0v) is 14.1. The van der Waals surface area contributed by atoms with Gasteiger partial charge in [0.25, 0.3) is 0 Å². The van der Waals surface area contributed by atoms with Crippen molar-refractivity contribution in [3.05, 3.63) is 23.9 Å². The third kappa shape index (κ3) is 4.45. The lowest BCUT2D eigenvalue weighted by molar-refractivity contribution is -0.127. The lowest BCUT2D eigenvalue weighted by Gasteiger charge is -2.19. The highest BCUT2D eigenvalue weighted by atomic mass is 16.2. The molecular weight excluding hydrogens is 302 g/mol. The fourth-order valence-corrected chi connectivity index (χ4v) is 3.52. The molecule has 3 heterocycles. The van der Waals surface area contributed by atoms with E-state index in [-0.39, 0.29) is 0 Å². The van der Waals surface area contributed by atoms with Crippen molar-refractivity contribution < 1.29 is 4.79 Å². The Balaban J connectivity index is 1.33. The zero-order chi connectivity index (χ0) is 16.8. The highest BCUT2D eigenvalue weighted by Gasteiger charge is 2.23. The predicted octanol–water partition coefficient (Wildman–Crippen LogP) is 1.70. The van der Waals surface area contributed by atoms with Gasteiger partial charge in [0.2, 0.25) is 5.91 Å². The summed E-state index contributed by atoms with van der Waals surface area (Å²) < 4.78 is 0. The molecule has 24 heavy (non-hydrogen) atoms. The largest absolute Gasteiger partial charge is 0.370 e. The van der Waals surface area contributed by atoms with E-state index in [4.69, 9.17) is 5.26 Å². The number of carbonyl (C=O) groups is 1. The topological polar surface area (TPSA) is 72.3 Å². The minimum absolute atomic E-state index is 0.327. The summed E-state index contributed by atoms with van der Waals surface area (Å²) in [4.78, 5) is 20.3. The number of carbonyl (C=O) groups excluding carboxylic acids is 1. The van der Waals surface area contributed by atoms with Gasteiger partial charge in [0, 0.05) is 38.8 Å². The van der Waals surface area contributed by atoms with E-state index in [2.05, 4.69) is 21.3 Å². The lowest BCUT2D eigenvalue weighted by Crippen LogP contribution is -2.30. The summed E-state index contributed by atoms with van der Waals surface area (Å²) in [5.74, 6) is 1.80. The van der Waals surface area contributed by atoms with Crippen LogP contribution < -0.4 is 5.32 Å². The van der Waals surface area contributed by atoms with Gasteiger partial charge >= 0.3 is 0 Å². The van der Waals surface area contributed by atoms with E-state index in [0.717, 1.165) is 64.3 Å². The van der Waals surface area contributed by atoms with E-state index in [0.29, 0.717) is 17.4 Å². The van der Waals surface area contributed by atoms with Crippen molar-refractivity contribution in [2.75, 3.05) is 44.6 Å². The number of hydrogen-bond donors (Lipinski definition) is 1. The van der Waals surface area contributed by atoms with Crippen molar-refractivity contribution in [3.63, 3.8) is 0 Å². The fourth-order valence-electron chi connectivity index (χ4n) is 3.52. The predicted molar refractivity (Wildman–Crippen MR) is 92.4 cm³/mol. The summed E-state index contributed by atoms with van der Waals surface area (Å²) in [5, 5.41) is 12.1. The molecule has 1 atom stereocenters. The SMILES string of the molecule is N#Cc1ccc(NC[C@H]2CCN(CCCN3CCCC3=O)C2)nc1. The monoisotopic (exact) mass is 327 g/mol. The summed E-state index contributed by atoms with van der Waals surface area (Å²) >= 11 is 0. The maximum Gasteiger partial charge on any atom is 0.222 e. The molecule has 2 fully saturated rings. The van der Waals surface area contributed by atoms with Gasteiger partial charge in [-0.15, -0.1) is 0 Å². The van der Waals surface area contributed by atoms with E-state index >= 15 is 0 Å². The van der Waals surface area contributed by atoms with Crippen LogP contribution in [0.4, 0.5) is 5.82 Å². The number of hydrogen-bond acceptors (Lipinski definition) is 5. The molecule has 3 rings (SSSR count). The highest BCUT2D eigenvalue weighted by molar-refractivity contribution is 5.77. The van der Waals surface area contributed by atoms with Crippen LogP contribution in [-0.2, 0) is 4.79 Å². The van der Waals surface area contributed by atoms with Crippen LogP contribution in [-0.4, -0.2) is 60.0 Å². The van der Waals surface area contributed by atoms with Gasteiger partial charge < -0.3 is 15.1 Å². The molecule has 0 radical (unpaired) electrons. The molecule has 0 saturated carbocycles. The van der Waals surface area contributed by atoms with Crippen molar-refractivity contribution in [1.82, 2.24) is 14.8 Å². The summed E-state index contributed by atoms with van der Waals surface area (Å²) in [6.07, 6.45) is 5.64. The Morgan fingerprint density at radius 2 is 2.25 bits per heavy atom. The number of rotatable bonds is 7. The minimum Gasteiger partial charge on any atom is -0.370 e. The van der Waals surface area contributed by atoms with Gasteiger partial charge in [-0.25, -0.2) is 4.98 Å². The van der Waals surface area contributed by atoms with Gasteiger partial charge in [0.1, 0.15) is 11.9 Å². The van der Waals surface area contributed by atoms with E-state index < -0.39 is 0 Å². The van der Waals surface area contributed by atoms with E-state index in [9.17, 15) is 4.79 Å². The second-order valence-corrected chi connectivity index (χ2v) is 6.72. The van der Waals surface area contributed by atoms with Crippen LogP contribution in [0.25, 0.3) is 0 Å². The van der Waals surface area contributed by atoms with Gasteiger partial charge in [-0.3, -0.25) is 4.79 Å². The summed E-state index contributed by atoms with van der Waals surface area (Å²) in [6.45, 7) is 6.10. The van der Waals surface area contributed by atoms with Crippen LogP contribution in [0.3, 0.4) is 0 Å². The van der Waals surface area contributed by atoms with E-state index in [1.165, 1.54) is 6.42 Å². The minimum atomic E-state index is 0.327. The molecule has 1 aromatic heterocycles. The molecule has 0 spiro atoms. The first-order valence-corrected chi connectivity index (χ1v) is 8.85. The highest BCUT2D eigenvalue weighted by Crippen LogP contribution is 2.18. The number of nitrogens with zero attached hydrogens (tertiary/aromatic N) is 4. The molecule has 2 saturated heterocycles.